The van der Waals surface area contributed by atoms with Crippen molar-refractivity contribution in [3.63, 3.8) is 0 Å². The number of hydrogen-bond donors (Lipinski definition) is 0. The number of hydrogen-bond acceptors (Lipinski definition) is 3. The van der Waals surface area contributed by atoms with Gasteiger partial charge in [-0.25, -0.2) is 4.79 Å². The molecule has 1 aliphatic carbocycles. The SMILES string of the molecule is C[C@@H]1CN(C(=O)OC(C)(C)C)CCN1c1ccc(C2CC2)cc1. The fourth-order valence-electron chi connectivity index (χ4n) is 3.19. The van der Waals surface area contributed by atoms with Gasteiger partial charge in [0.15, 0.2) is 0 Å². The topological polar surface area (TPSA) is 32.8 Å². The van der Waals surface area contributed by atoms with Crippen LogP contribution in [0.4, 0.5) is 10.5 Å². The minimum atomic E-state index is -0.434. The Balaban J connectivity index is 1.60. The number of anilines is 1. The molecule has 4 heteroatoms. The Bertz CT molecular complexity index is 558. The lowest BCUT2D eigenvalue weighted by Gasteiger charge is -2.41. The lowest BCUT2D eigenvalue weighted by molar-refractivity contribution is 0.0219. The first-order valence-corrected chi connectivity index (χ1v) is 8.68. The zero-order valence-corrected chi connectivity index (χ0v) is 14.7. The number of carbonyl (C=O) groups excluding carboxylic acids is 1. The monoisotopic (exact) mass is 316 g/mol. The smallest absolute Gasteiger partial charge is 0.410 e. The number of ether oxygens (including phenoxy) is 1. The molecule has 0 aromatic heterocycles. The van der Waals surface area contributed by atoms with E-state index in [2.05, 4.69) is 36.1 Å². The lowest BCUT2D eigenvalue weighted by atomic mass is 10.1. The van der Waals surface area contributed by atoms with Gasteiger partial charge in [0.05, 0.1) is 0 Å². The normalized spacial score (nSPS) is 22.2. The van der Waals surface area contributed by atoms with Gasteiger partial charge in [-0.1, -0.05) is 12.1 Å². The van der Waals surface area contributed by atoms with E-state index in [1.807, 2.05) is 25.7 Å². The molecule has 0 N–H and O–H groups in total. The Morgan fingerprint density at radius 3 is 2.30 bits per heavy atom. The third-order valence-electron chi connectivity index (χ3n) is 4.55. The van der Waals surface area contributed by atoms with E-state index in [-0.39, 0.29) is 6.09 Å². The minimum absolute atomic E-state index is 0.201. The third-order valence-corrected chi connectivity index (χ3v) is 4.55. The molecule has 3 rings (SSSR count). The summed E-state index contributed by atoms with van der Waals surface area (Å²) in [7, 11) is 0. The van der Waals surface area contributed by atoms with E-state index in [0.29, 0.717) is 19.1 Å². The van der Waals surface area contributed by atoms with Gasteiger partial charge in [-0.3, -0.25) is 0 Å². The van der Waals surface area contributed by atoms with Gasteiger partial charge in [0.25, 0.3) is 0 Å². The first kappa shape index (κ1) is 16.2. The van der Waals surface area contributed by atoms with Crippen LogP contribution in [0.1, 0.15) is 52.0 Å². The molecule has 2 fully saturated rings. The van der Waals surface area contributed by atoms with Crippen molar-refractivity contribution < 1.29 is 9.53 Å². The molecule has 2 aliphatic rings. The summed E-state index contributed by atoms with van der Waals surface area (Å²) < 4.78 is 5.48. The molecule has 4 nitrogen and oxygen atoms in total. The standard InChI is InChI=1S/C19H28N2O2/c1-14-13-20(18(22)23-19(2,3)4)11-12-21(14)17-9-7-16(8-10-17)15-5-6-15/h7-10,14-15H,5-6,11-13H2,1-4H3/t14-/m1/s1. The van der Waals surface area contributed by atoms with Gasteiger partial charge < -0.3 is 14.5 Å². The van der Waals surface area contributed by atoms with Crippen LogP contribution in [0.5, 0.6) is 0 Å². The molecule has 1 atom stereocenters. The molecule has 1 saturated heterocycles. The molecule has 126 valence electrons. The fourth-order valence-corrected chi connectivity index (χ4v) is 3.19. The Hall–Kier alpha value is -1.71. The summed E-state index contributed by atoms with van der Waals surface area (Å²) in [5, 5.41) is 0. The Kier molecular flexibility index (Phi) is 4.26. The molecule has 0 bridgehead atoms. The summed E-state index contributed by atoms with van der Waals surface area (Å²) >= 11 is 0. The Morgan fingerprint density at radius 1 is 1.13 bits per heavy atom. The highest BCUT2D eigenvalue weighted by Crippen LogP contribution is 2.40. The number of nitrogens with zero attached hydrogens (tertiary/aromatic N) is 2. The highest BCUT2D eigenvalue weighted by Gasteiger charge is 2.30. The number of rotatable bonds is 2. The maximum absolute atomic E-state index is 12.2. The van der Waals surface area contributed by atoms with Gasteiger partial charge >= 0.3 is 6.09 Å². The van der Waals surface area contributed by atoms with E-state index in [9.17, 15) is 4.79 Å². The highest BCUT2D eigenvalue weighted by molar-refractivity contribution is 5.69. The zero-order chi connectivity index (χ0) is 16.6. The molecular formula is C19H28N2O2. The molecule has 0 spiro atoms. The quantitative estimate of drug-likeness (QED) is 0.826. The summed E-state index contributed by atoms with van der Waals surface area (Å²) in [5.41, 5.74) is 2.29. The molecule has 1 aliphatic heterocycles. The van der Waals surface area contributed by atoms with Crippen LogP contribution < -0.4 is 4.90 Å². The average molecular weight is 316 g/mol. The second kappa shape index (κ2) is 6.06. The van der Waals surface area contributed by atoms with E-state index >= 15 is 0 Å². The van der Waals surface area contributed by atoms with Crippen molar-refractivity contribution in [2.24, 2.45) is 0 Å². The van der Waals surface area contributed by atoms with E-state index in [1.54, 1.807) is 0 Å². The summed E-state index contributed by atoms with van der Waals surface area (Å²) in [6, 6.07) is 9.28. The molecule has 1 aromatic rings. The number of carbonyl (C=O) groups is 1. The minimum Gasteiger partial charge on any atom is -0.444 e. The van der Waals surface area contributed by atoms with Crippen LogP contribution >= 0.6 is 0 Å². The van der Waals surface area contributed by atoms with Crippen molar-refractivity contribution >= 4 is 11.8 Å². The lowest BCUT2D eigenvalue weighted by Crippen LogP contribution is -2.54. The molecule has 0 radical (unpaired) electrons. The maximum atomic E-state index is 12.2. The van der Waals surface area contributed by atoms with Gasteiger partial charge in [-0.15, -0.1) is 0 Å². The zero-order valence-electron chi connectivity index (χ0n) is 14.7. The van der Waals surface area contributed by atoms with E-state index in [1.165, 1.54) is 24.1 Å². The van der Waals surface area contributed by atoms with Crippen molar-refractivity contribution in [3.8, 4) is 0 Å². The number of piperazine rings is 1. The Labute approximate surface area is 139 Å². The van der Waals surface area contributed by atoms with E-state index in [0.717, 1.165) is 12.5 Å². The fraction of sp³-hybridized carbons (Fsp3) is 0.632. The first-order chi connectivity index (χ1) is 10.8. The predicted molar refractivity (Wildman–Crippen MR) is 93.0 cm³/mol. The van der Waals surface area contributed by atoms with Crippen LogP contribution in [-0.2, 0) is 4.74 Å². The van der Waals surface area contributed by atoms with Crippen molar-refractivity contribution in [2.75, 3.05) is 24.5 Å². The van der Waals surface area contributed by atoms with E-state index in [4.69, 9.17) is 4.74 Å². The second-order valence-electron chi connectivity index (χ2n) is 7.83. The van der Waals surface area contributed by atoms with Crippen LogP contribution in [0.25, 0.3) is 0 Å². The number of benzene rings is 1. The van der Waals surface area contributed by atoms with E-state index < -0.39 is 5.60 Å². The Morgan fingerprint density at radius 2 is 1.78 bits per heavy atom. The van der Waals surface area contributed by atoms with Crippen molar-refractivity contribution in [1.29, 1.82) is 0 Å². The van der Waals surface area contributed by atoms with Gasteiger partial charge in [0.1, 0.15) is 5.60 Å². The van der Waals surface area contributed by atoms with Gasteiger partial charge in [-0.2, -0.15) is 0 Å². The number of amides is 1. The summed E-state index contributed by atoms with van der Waals surface area (Å²) in [6.45, 7) is 10.2. The van der Waals surface area contributed by atoms with Crippen LogP contribution in [-0.4, -0.2) is 42.3 Å². The van der Waals surface area contributed by atoms with Crippen molar-refractivity contribution in [2.45, 2.75) is 58.1 Å². The summed E-state index contributed by atoms with van der Waals surface area (Å²) in [4.78, 5) is 16.4. The average Bonchev–Trinajstić information content (AvgIpc) is 3.30. The molecule has 1 saturated carbocycles. The van der Waals surface area contributed by atoms with Crippen molar-refractivity contribution in [3.05, 3.63) is 29.8 Å². The third kappa shape index (κ3) is 3.98. The molecule has 23 heavy (non-hydrogen) atoms. The predicted octanol–water partition coefficient (Wildman–Crippen LogP) is 4.01. The van der Waals surface area contributed by atoms with Crippen LogP contribution in [0.15, 0.2) is 24.3 Å². The van der Waals surface area contributed by atoms with Crippen molar-refractivity contribution in [1.82, 2.24) is 4.90 Å². The first-order valence-electron chi connectivity index (χ1n) is 8.68. The van der Waals surface area contributed by atoms with Gasteiger partial charge in [-0.05, 0) is 64.2 Å². The maximum Gasteiger partial charge on any atom is 0.410 e. The van der Waals surface area contributed by atoms with Crippen LogP contribution in [0, 0.1) is 0 Å². The second-order valence-corrected chi connectivity index (χ2v) is 7.83. The molecule has 1 heterocycles. The van der Waals surface area contributed by atoms with Crippen LogP contribution in [0.3, 0.4) is 0 Å². The highest BCUT2D eigenvalue weighted by atomic mass is 16.6. The molecule has 1 amide bonds. The largest absolute Gasteiger partial charge is 0.444 e. The molecular weight excluding hydrogens is 288 g/mol. The molecule has 0 unspecified atom stereocenters. The molecule has 1 aromatic carbocycles. The summed E-state index contributed by atoms with van der Waals surface area (Å²) in [5.74, 6) is 0.797. The van der Waals surface area contributed by atoms with Gasteiger partial charge in [0, 0.05) is 31.4 Å². The van der Waals surface area contributed by atoms with Gasteiger partial charge in [0.2, 0.25) is 0 Å². The van der Waals surface area contributed by atoms with Crippen LogP contribution in [0.2, 0.25) is 0 Å². The summed E-state index contributed by atoms with van der Waals surface area (Å²) in [6.07, 6.45) is 2.47.